The Bertz CT molecular complexity index is 596. The molecule has 1 amide bonds. The first-order valence-electron chi connectivity index (χ1n) is 6.12. The summed E-state index contributed by atoms with van der Waals surface area (Å²) in [5, 5.41) is 6.87. The Morgan fingerprint density at radius 3 is 2.71 bits per heavy atom. The maximum Gasteiger partial charge on any atom is 0.258 e. The first-order chi connectivity index (χ1) is 10.1. The van der Waals surface area contributed by atoms with Gasteiger partial charge in [0.25, 0.3) is 5.95 Å². The number of rotatable bonds is 6. The number of aromatic nitrogens is 6. The van der Waals surface area contributed by atoms with Crippen LogP contribution in [0.4, 0.5) is 11.9 Å². The van der Waals surface area contributed by atoms with Gasteiger partial charge >= 0.3 is 0 Å². The molecule has 2 aromatic heterocycles. The van der Waals surface area contributed by atoms with E-state index in [0.29, 0.717) is 13.0 Å². The summed E-state index contributed by atoms with van der Waals surface area (Å²) < 4.78 is 1.37. The van der Waals surface area contributed by atoms with Crippen LogP contribution < -0.4 is 16.6 Å². The average Bonchev–Trinajstić information content (AvgIpc) is 3.01. The minimum absolute atomic E-state index is 0.00484. The van der Waals surface area contributed by atoms with Crippen LogP contribution in [0.2, 0.25) is 0 Å². The number of carbonyl (C=O) groups excluding carboxylic acids is 1. The van der Waals surface area contributed by atoms with Gasteiger partial charge in [-0.15, -0.1) is 0 Å². The van der Waals surface area contributed by atoms with Crippen LogP contribution in [0.1, 0.15) is 6.42 Å². The number of nitrogens with two attached hydrogens (primary N) is 1. The molecule has 0 saturated heterocycles. The summed E-state index contributed by atoms with van der Waals surface area (Å²) in [4.78, 5) is 29.1. The van der Waals surface area contributed by atoms with Crippen molar-refractivity contribution in [2.45, 2.75) is 6.42 Å². The van der Waals surface area contributed by atoms with Gasteiger partial charge in [0.15, 0.2) is 0 Å². The minimum Gasteiger partial charge on any atom is -0.354 e. The first kappa shape index (κ1) is 14.6. The number of hydrazine groups is 1. The van der Waals surface area contributed by atoms with E-state index in [9.17, 15) is 4.79 Å². The Kier molecular flexibility index (Phi) is 4.56. The molecule has 0 atom stereocenters. The van der Waals surface area contributed by atoms with Crippen molar-refractivity contribution in [1.29, 1.82) is 0 Å². The first-order valence-corrected chi connectivity index (χ1v) is 6.12. The lowest BCUT2D eigenvalue weighted by molar-refractivity contribution is -0.128. The van der Waals surface area contributed by atoms with E-state index in [4.69, 9.17) is 5.84 Å². The Balaban J connectivity index is 2.09. The molecular weight excluding hydrogens is 276 g/mol. The van der Waals surface area contributed by atoms with Gasteiger partial charge < -0.3 is 10.2 Å². The molecular formula is C10H16N10O. The summed E-state index contributed by atoms with van der Waals surface area (Å²) in [6.07, 6.45) is 3.14. The maximum atomic E-state index is 11.5. The van der Waals surface area contributed by atoms with Crippen LogP contribution in [0, 0.1) is 0 Å². The number of anilines is 2. The van der Waals surface area contributed by atoms with E-state index in [0.717, 1.165) is 0 Å². The highest BCUT2D eigenvalue weighted by atomic mass is 16.2. The van der Waals surface area contributed by atoms with Gasteiger partial charge in [0.2, 0.25) is 17.8 Å². The third-order valence-corrected chi connectivity index (χ3v) is 2.50. The monoisotopic (exact) mass is 292 g/mol. The Morgan fingerprint density at radius 1 is 1.33 bits per heavy atom. The molecule has 0 aliphatic rings. The SMILES string of the molecule is CN(C)C(=O)CCNc1nc(NN)nc(-n2cncn2)n1. The van der Waals surface area contributed by atoms with Gasteiger partial charge in [-0.1, -0.05) is 0 Å². The molecule has 2 heterocycles. The van der Waals surface area contributed by atoms with Crippen LogP contribution in [-0.4, -0.2) is 61.2 Å². The number of hydrogen-bond acceptors (Lipinski definition) is 9. The highest BCUT2D eigenvalue weighted by molar-refractivity contribution is 5.76. The van der Waals surface area contributed by atoms with E-state index in [-0.39, 0.29) is 23.8 Å². The van der Waals surface area contributed by atoms with Crippen molar-refractivity contribution in [3.05, 3.63) is 12.7 Å². The van der Waals surface area contributed by atoms with Crippen molar-refractivity contribution >= 4 is 17.8 Å². The van der Waals surface area contributed by atoms with Gasteiger partial charge in [0, 0.05) is 27.1 Å². The lowest BCUT2D eigenvalue weighted by Crippen LogP contribution is -2.24. The van der Waals surface area contributed by atoms with Crippen molar-refractivity contribution in [3.63, 3.8) is 0 Å². The lowest BCUT2D eigenvalue weighted by Gasteiger charge is -2.11. The van der Waals surface area contributed by atoms with E-state index in [1.807, 2.05) is 0 Å². The zero-order valence-electron chi connectivity index (χ0n) is 11.7. The molecule has 4 N–H and O–H groups in total. The number of nitrogens with zero attached hydrogens (tertiary/aromatic N) is 7. The van der Waals surface area contributed by atoms with Crippen LogP contribution in [0.5, 0.6) is 0 Å². The fourth-order valence-corrected chi connectivity index (χ4v) is 1.43. The van der Waals surface area contributed by atoms with Crippen molar-refractivity contribution < 1.29 is 4.79 Å². The fourth-order valence-electron chi connectivity index (χ4n) is 1.43. The molecule has 112 valence electrons. The summed E-state index contributed by atoms with van der Waals surface area (Å²) in [6.45, 7) is 0.391. The fraction of sp³-hybridized carbons (Fsp3) is 0.400. The topological polar surface area (TPSA) is 140 Å². The third kappa shape index (κ3) is 3.82. The predicted molar refractivity (Wildman–Crippen MR) is 74.4 cm³/mol. The van der Waals surface area contributed by atoms with Gasteiger partial charge in [0.05, 0.1) is 0 Å². The largest absolute Gasteiger partial charge is 0.354 e. The van der Waals surface area contributed by atoms with Crippen LogP contribution in [0.3, 0.4) is 0 Å². The van der Waals surface area contributed by atoms with E-state index < -0.39 is 0 Å². The van der Waals surface area contributed by atoms with Gasteiger partial charge in [-0.05, 0) is 0 Å². The lowest BCUT2D eigenvalue weighted by atomic mass is 10.4. The average molecular weight is 292 g/mol. The molecule has 0 fully saturated rings. The van der Waals surface area contributed by atoms with Crippen LogP contribution in [-0.2, 0) is 4.79 Å². The summed E-state index contributed by atoms with van der Waals surface area (Å²) >= 11 is 0. The number of carbonyl (C=O) groups is 1. The molecule has 0 bridgehead atoms. The van der Waals surface area contributed by atoms with E-state index in [1.165, 1.54) is 22.2 Å². The number of nitrogens with one attached hydrogen (secondary N) is 2. The standard InChI is InChI=1S/C10H16N10O/c1-19(2)7(21)3-4-13-8-15-9(18-11)17-10(16-8)20-6-12-5-14-20/h5-6H,3-4,11H2,1-2H3,(H2,13,15,16,17,18). The molecule has 11 heteroatoms. The molecule has 0 unspecified atom stereocenters. The molecule has 2 rings (SSSR count). The number of nitrogen functional groups attached to an aromatic ring is 1. The minimum atomic E-state index is 0.00484. The molecule has 11 nitrogen and oxygen atoms in total. The zero-order chi connectivity index (χ0) is 15.2. The molecule has 0 saturated carbocycles. The molecule has 0 aliphatic carbocycles. The zero-order valence-corrected chi connectivity index (χ0v) is 11.7. The Labute approximate surface area is 120 Å². The van der Waals surface area contributed by atoms with E-state index in [1.54, 1.807) is 14.1 Å². The second-order valence-electron chi connectivity index (χ2n) is 4.23. The molecule has 0 radical (unpaired) electrons. The second kappa shape index (κ2) is 6.56. The number of amides is 1. The van der Waals surface area contributed by atoms with Crippen LogP contribution in [0.15, 0.2) is 12.7 Å². The summed E-state index contributed by atoms with van der Waals surface area (Å²) in [5.74, 6) is 6.05. The van der Waals surface area contributed by atoms with Crippen molar-refractivity contribution in [1.82, 2.24) is 34.6 Å². The number of hydrogen-bond donors (Lipinski definition) is 3. The Hall–Kier alpha value is -2.82. The third-order valence-electron chi connectivity index (χ3n) is 2.50. The molecule has 0 aromatic carbocycles. The van der Waals surface area contributed by atoms with Crippen LogP contribution in [0.25, 0.3) is 5.95 Å². The van der Waals surface area contributed by atoms with Crippen molar-refractivity contribution in [3.8, 4) is 5.95 Å². The van der Waals surface area contributed by atoms with Gasteiger partial charge in [-0.3, -0.25) is 10.2 Å². The maximum absolute atomic E-state index is 11.5. The highest BCUT2D eigenvalue weighted by Gasteiger charge is 2.09. The molecule has 0 aliphatic heterocycles. The second-order valence-corrected chi connectivity index (χ2v) is 4.23. The smallest absolute Gasteiger partial charge is 0.258 e. The normalized spacial score (nSPS) is 10.2. The van der Waals surface area contributed by atoms with Crippen LogP contribution >= 0.6 is 0 Å². The van der Waals surface area contributed by atoms with E-state index in [2.05, 4.69) is 35.8 Å². The predicted octanol–water partition coefficient (Wildman–Crippen LogP) is -1.37. The summed E-state index contributed by atoms with van der Waals surface area (Å²) in [6, 6.07) is 0. The van der Waals surface area contributed by atoms with Crippen molar-refractivity contribution in [2.24, 2.45) is 5.84 Å². The Morgan fingerprint density at radius 2 is 2.10 bits per heavy atom. The quantitative estimate of drug-likeness (QED) is 0.434. The summed E-state index contributed by atoms with van der Waals surface area (Å²) in [7, 11) is 3.40. The van der Waals surface area contributed by atoms with Gasteiger partial charge in [-0.2, -0.15) is 24.7 Å². The van der Waals surface area contributed by atoms with Gasteiger partial charge in [0.1, 0.15) is 12.7 Å². The molecule has 2 aromatic rings. The highest BCUT2D eigenvalue weighted by Crippen LogP contribution is 2.07. The summed E-state index contributed by atoms with van der Waals surface area (Å²) in [5.41, 5.74) is 2.35. The van der Waals surface area contributed by atoms with Crippen molar-refractivity contribution in [2.75, 3.05) is 31.4 Å². The molecule has 0 spiro atoms. The van der Waals surface area contributed by atoms with Gasteiger partial charge in [-0.25, -0.2) is 10.8 Å². The molecule has 21 heavy (non-hydrogen) atoms. The van der Waals surface area contributed by atoms with E-state index >= 15 is 0 Å².